The predicted molar refractivity (Wildman–Crippen MR) is 524 cm³/mol. The molecule has 15 amide bonds. The van der Waals surface area contributed by atoms with Gasteiger partial charge in [0.2, 0.25) is 88.6 Å². The summed E-state index contributed by atoms with van der Waals surface area (Å²) in [5, 5.41) is 105. The van der Waals surface area contributed by atoms with Crippen molar-refractivity contribution < 1.29 is 107 Å². The molecule has 0 heterocycles. The number of rotatable bonds is 69. The van der Waals surface area contributed by atoms with Crippen LogP contribution in [0.15, 0.2) is 91.0 Å². The van der Waals surface area contributed by atoms with Crippen LogP contribution in [-0.4, -0.2) is 292 Å². The minimum Gasteiger partial charge on any atom is -0.481 e. The Kier molecular flexibility index (Phi) is 56.1. The number of primary amides is 1. The smallest absolute Gasteiger partial charge is 0.326 e. The van der Waals surface area contributed by atoms with Crippen molar-refractivity contribution in [3.8, 4) is 0 Å². The standard InChI is InChI=1S/C92H146N26O22S/c1-9-53(6)74(87(137)115-65(45-52(4)5)81(131)109-61(35-36-71(95)120)79(129)110-63(89(139)140)33-23-42-104-92(100)101)118(7)88(138)69(48-56-28-17-12-18-29-56)116-85(135)68(49-73(123)124)114-78(128)60(32-22-41-103-91(98)99)107-83(133)66(46-54-24-13-10-14-25-54)113-84(134)67(47-55-26-15-11-16-27-55)112-76(126)58(30-19-20-39-93)108-86(136)70(50-119)117-82(132)64(44-51(2)3)111-77(127)59(31-21-40-102-90(96)97)106-80(130)62(38-43-141-8)105-75(125)57(94)34-37-72(121)122/h10-18,24-29,51-53,57-70,74,119H,9,19-23,30-50,93-94H2,1-8H3,(H2,95,120)(H,105,125)(H,106,130)(H,107,133)(H,108,136)(H,109,131)(H,110,129)(H,111,127)(H,112,126)(H,113,134)(H,114,128)(H,115,137)(H,116,135)(H,117,132)(H,121,122)(H,123,124)(H,139,140)(H4,96,97,102)(H4,98,99,103)(H4,100,101,104)/t53-,57-,58-,59-,60-,61-,62-,63-,64-,65-,66-,67-,68-,69-,70-,74-/m0/s1. The maximum Gasteiger partial charge on any atom is 0.326 e. The molecular weight excluding hydrogens is 1850 g/mol. The van der Waals surface area contributed by atoms with Gasteiger partial charge in [0.25, 0.3) is 0 Å². The molecule has 0 unspecified atom stereocenters. The second kappa shape index (κ2) is 65.2. The molecule has 0 aliphatic heterocycles. The number of hydrogen-bond acceptors (Lipinski definition) is 25. The predicted octanol–water partition coefficient (Wildman–Crippen LogP) is -4.34. The van der Waals surface area contributed by atoms with E-state index in [1.807, 2.05) is 0 Å². The molecule has 0 spiro atoms. The summed E-state index contributed by atoms with van der Waals surface area (Å²) >= 11 is 1.33. The Balaban J connectivity index is 2.12. The van der Waals surface area contributed by atoms with E-state index in [-0.39, 0.29) is 147 Å². The van der Waals surface area contributed by atoms with Crippen LogP contribution in [0.4, 0.5) is 0 Å². The zero-order valence-corrected chi connectivity index (χ0v) is 81.9. The first kappa shape index (κ1) is 121. The van der Waals surface area contributed by atoms with Gasteiger partial charge in [0.05, 0.1) is 19.1 Å². The lowest BCUT2D eigenvalue weighted by Crippen LogP contribution is -2.62. The van der Waals surface area contributed by atoms with E-state index in [1.54, 1.807) is 139 Å². The number of nitrogens with one attached hydrogen (secondary N) is 19. The summed E-state index contributed by atoms with van der Waals surface area (Å²) in [5.74, 6) is -21.6. The first-order valence-electron chi connectivity index (χ1n) is 46.8. The quantitative estimate of drug-likeness (QED) is 0.0144. The van der Waals surface area contributed by atoms with Crippen LogP contribution in [0.25, 0.3) is 0 Å². The third kappa shape index (κ3) is 47.6. The second-order valence-electron chi connectivity index (χ2n) is 35.1. The Labute approximate surface area is 823 Å². The Morgan fingerprint density at radius 1 is 0.376 bits per heavy atom. The number of carboxylic acids is 3. The van der Waals surface area contributed by atoms with Crippen LogP contribution in [0.3, 0.4) is 0 Å². The van der Waals surface area contributed by atoms with Crippen molar-refractivity contribution in [2.45, 2.75) is 267 Å². The topological polar surface area (TPSA) is 812 Å². The summed E-state index contributed by atoms with van der Waals surface area (Å²) in [6.45, 7) is 9.23. The molecule has 3 aromatic carbocycles. The SMILES string of the molecule is CC[C@H](C)[C@@H](C(=O)N[C@@H](CC(C)C)C(=O)N[C@@H](CCC(N)=O)C(=O)N[C@@H](CCCNC(=N)N)C(=O)O)N(C)C(=O)[C@H](Cc1ccccc1)NC(=O)[C@H](CC(=O)O)NC(=O)[C@H](CCCNC(=N)N)NC(=O)[C@H](Cc1ccccc1)NC(=O)[C@H](Cc1ccccc1)NC(=O)[C@H](CCCCN)NC(=O)[C@H](CO)NC(=O)[C@H](CC(C)C)NC(=O)[C@H](CCCNC(=N)N)NC(=O)[C@H](CCSC)NC(=O)[C@@H](N)CCC(=O)O. The second-order valence-corrected chi connectivity index (χ2v) is 36.1. The van der Waals surface area contributed by atoms with E-state index >= 15 is 28.8 Å². The van der Waals surface area contributed by atoms with Gasteiger partial charge in [-0.1, -0.05) is 139 Å². The highest BCUT2D eigenvalue weighted by atomic mass is 32.2. The summed E-state index contributed by atoms with van der Waals surface area (Å²) in [6.07, 6.45) is -2.05. The minimum absolute atomic E-state index is 0.0359. The summed E-state index contributed by atoms with van der Waals surface area (Å²) in [4.78, 5) is 255. The van der Waals surface area contributed by atoms with Gasteiger partial charge in [-0.05, 0) is 143 Å². The highest BCUT2D eigenvalue weighted by Crippen LogP contribution is 2.21. The number of benzene rings is 3. The van der Waals surface area contributed by atoms with Crippen LogP contribution in [0, 0.1) is 34.0 Å². The summed E-state index contributed by atoms with van der Waals surface area (Å²) < 4.78 is 0. The van der Waals surface area contributed by atoms with Crippen molar-refractivity contribution in [3.63, 3.8) is 0 Å². The maximum atomic E-state index is 15.4. The van der Waals surface area contributed by atoms with Crippen LogP contribution < -0.4 is 119 Å². The molecule has 3 rings (SSSR count). The fourth-order valence-electron chi connectivity index (χ4n) is 14.7. The molecule has 0 saturated carbocycles. The number of unbranched alkanes of at least 4 members (excludes halogenated alkanes) is 1. The van der Waals surface area contributed by atoms with Gasteiger partial charge in [-0.15, -0.1) is 0 Å². The molecule has 0 aromatic heterocycles. The number of carboxylic acid groups (broad SMARTS) is 3. The van der Waals surface area contributed by atoms with Gasteiger partial charge in [-0.3, -0.25) is 97.7 Å². The first-order chi connectivity index (χ1) is 66.7. The van der Waals surface area contributed by atoms with E-state index in [1.165, 1.54) is 18.8 Å². The Morgan fingerprint density at radius 3 is 1.06 bits per heavy atom. The van der Waals surface area contributed by atoms with Crippen LogP contribution >= 0.6 is 11.8 Å². The third-order valence-electron chi connectivity index (χ3n) is 22.4. The fraction of sp³-hybridized carbons (Fsp3) is 0.576. The highest BCUT2D eigenvalue weighted by molar-refractivity contribution is 7.98. The number of likely N-dealkylation sites (N-methyl/N-ethyl adjacent to an activating group) is 1. The lowest BCUT2D eigenvalue weighted by molar-refractivity contribution is -0.145. The van der Waals surface area contributed by atoms with Gasteiger partial charge in [0.15, 0.2) is 17.9 Å². The number of thioether (sulfide) groups is 1. The van der Waals surface area contributed by atoms with E-state index < -0.39 is 247 Å². The molecule has 0 radical (unpaired) electrons. The van der Waals surface area contributed by atoms with Gasteiger partial charge in [0.1, 0.15) is 84.6 Å². The van der Waals surface area contributed by atoms with Crippen molar-refractivity contribution in [3.05, 3.63) is 108 Å². The van der Waals surface area contributed by atoms with E-state index in [0.29, 0.717) is 28.9 Å². The highest BCUT2D eigenvalue weighted by Gasteiger charge is 2.42. The molecule has 48 nitrogen and oxygen atoms in total. The summed E-state index contributed by atoms with van der Waals surface area (Å²) in [6, 6.07) is 0.760. The van der Waals surface area contributed by atoms with Crippen LogP contribution in [-0.2, 0) is 106 Å². The average Bonchev–Trinajstić information content (AvgIpc) is 0.815. The number of guanidine groups is 3. The van der Waals surface area contributed by atoms with Crippen molar-refractivity contribution in [1.82, 2.24) is 90.0 Å². The summed E-state index contributed by atoms with van der Waals surface area (Å²) in [5.41, 5.74) is 35.1. The first-order valence-corrected chi connectivity index (χ1v) is 48.2. The van der Waals surface area contributed by atoms with Gasteiger partial charge < -0.3 is 145 Å². The Bertz CT molecular complexity index is 4630. The Hall–Kier alpha value is -13.8. The van der Waals surface area contributed by atoms with Gasteiger partial charge >= 0.3 is 17.9 Å². The lowest BCUT2D eigenvalue weighted by atomic mass is 9.94. The van der Waals surface area contributed by atoms with E-state index in [0.717, 1.165) is 4.90 Å². The average molecular weight is 2000 g/mol. The normalized spacial score (nSPS) is 14.5. The van der Waals surface area contributed by atoms with E-state index in [9.17, 15) is 78.0 Å². The monoisotopic (exact) mass is 2000 g/mol. The molecule has 782 valence electrons. The van der Waals surface area contributed by atoms with Crippen LogP contribution in [0.5, 0.6) is 0 Å². The molecule has 16 atom stereocenters. The van der Waals surface area contributed by atoms with Crippen LogP contribution in [0.2, 0.25) is 0 Å². The number of aliphatic carboxylic acids is 3. The zero-order valence-electron chi connectivity index (χ0n) is 81.1. The van der Waals surface area contributed by atoms with Gasteiger partial charge in [-0.2, -0.15) is 11.8 Å². The van der Waals surface area contributed by atoms with Gasteiger partial charge in [0, 0.05) is 58.8 Å². The molecule has 0 bridgehead atoms. The maximum absolute atomic E-state index is 15.4. The van der Waals surface area contributed by atoms with Crippen molar-refractivity contribution in [1.29, 1.82) is 16.2 Å². The molecule has 0 aliphatic rings. The number of carbonyl (C=O) groups excluding carboxylic acids is 15. The molecule has 3 aromatic rings. The zero-order chi connectivity index (χ0) is 106. The number of aliphatic hydroxyl groups excluding tert-OH is 1. The van der Waals surface area contributed by atoms with E-state index in [4.69, 9.17) is 50.6 Å². The van der Waals surface area contributed by atoms with Crippen molar-refractivity contribution in [2.75, 3.05) is 51.8 Å². The molecule has 0 aliphatic carbocycles. The largest absolute Gasteiger partial charge is 0.481 e. The van der Waals surface area contributed by atoms with Crippen molar-refractivity contribution >= 4 is 136 Å². The molecule has 0 fully saturated rings. The summed E-state index contributed by atoms with van der Waals surface area (Å²) in [7, 11) is 1.25. The van der Waals surface area contributed by atoms with E-state index in [2.05, 4.69) is 85.1 Å². The number of nitrogens with two attached hydrogens (primary N) is 6. The lowest BCUT2D eigenvalue weighted by Gasteiger charge is -2.35. The number of nitrogens with zero attached hydrogens (tertiary/aromatic N) is 1. The third-order valence-corrected chi connectivity index (χ3v) is 23.1. The number of carbonyl (C=O) groups is 18. The minimum atomic E-state index is -2.07. The number of amides is 15. The fourth-order valence-corrected chi connectivity index (χ4v) is 15.2. The molecule has 49 heteroatoms. The van der Waals surface area contributed by atoms with Gasteiger partial charge in [-0.25, -0.2) is 4.79 Å². The molecule has 141 heavy (non-hydrogen) atoms. The molecule has 35 N–H and O–H groups in total. The Morgan fingerprint density at radius 2 is 0.695 bits per heavy atom. The molecular formula is C92H146N26O22S. The van der Waals surface area contributed by atoms with Crippen molar-refractivity contribution in [2.24, 2.45) is 52.2 Å². The molecule has 0 saturated heterocycles. The number of hydrogen-bond donors (Lipinski definition) is 29. The number of aliphatic hydroxyl groups is 1. The van der Waals surface area contributed by atoms with Crippen LogP contribution in [0.1, 0.15) is 174 Å².